The molecule has 1 N–H and O–H groups in total. The lowest BCUT2D eigenvalue weighted by atomic mass is 9.61. The minimum absolute atomic E-state index is 0.0859. The van der Waals surface area contributed by atoms with E-state index in [1.165, 1.54) is 6.42 Å². The molecular weight excluding hydrogens is 244 g/mol. The molecule has 1 nitrogen and oxygen atoms in total. The van der Waals surface area contributed by atoms with Gasteiger partial charge in [0, 0.05) is 0 Å². The first-order chi connectivity index (χ1) is 9.01. The first kappa shape index (κ1) is 16.3. The van der Waals surface area contributed by atoms with Crippen LogP contribution in [0.5, 0.6) is 0 Å². The number of fused-ring (bicyclic) bond motifs is 1. The maximum Gasteiger partial charge on any atom is 0.0573 e. The fraction of sp³-hybridized carbons (Fsp3) is 1.00. The van der Waals surface area contributed by atoms with E-state index in [4.69, 9.17) is 0 Å². The summed E-state index contributed by atoms with van der Waals surface area (Å²) in [4.78, 5) is 0. The van der Waals surface area contributed by atoms with Gasteiger partial charge in [-0.2, -0.15) is 0 Å². The highest BCUT2D eigenvalue weighted by molar-refractivity contribution is 5.10. The highest BCUT2D eigenvalue weighted by atomic mass is 16.3. The van der Waals surface area contributed by atoms with Crippen LogP contribution in [0.3, 0.4) is 0 Å². The Labute approximate surface area is 126 Å². The molecule has 0 aliphatic heterocycles. The van der Waals surface area contributed by atoms with Gasteiger partial charge in [-0.15, -0.1) is 0 Å². The SMILES string of the molecule is CC(C)C1CC2C(CC1O)C(C)(C)C(C)(C)C2C(C)C. The summed E-state index contributed by atoms with van der Waals surface area (Å²) in [5, 5.41) is 10.6. The molecule has 0 spiro atoms. The third-order valence-corrected chi connectivity index (χ3v) is 7.51. The fourth-order valence-corrected chi connectivity index (χ4v) is 5.96. The van der Waals surface area contributed by atoms with Crippen LogP contribution in [0.25, 0.3) is 0 Å². The van der Waals surface area contributed by atoms with Gasteiger partial charge in [0.15, 0.2) is 0 Å². The van der Waals surface area contributed by atoms with Crippen molar-refractivity contribution < 1.29 is 5.11 Å². The number of aliphatic hydroxyl groups excluding tert-OH is 1. The van der Waals surface area contributed by atoms with Crippen molar-refractivity contribution in [3.05, 3.63) is 0 Å². The van der Waals surface area contributed by atoms with Gasteiger partial charge >= 0.3 is 0 Å². The number of hydrogen-bond donors (Lipinski definition) is 1. The van der Waals surface area contributed by atoms with E-state index in [0.717, 1.165) is 24.2 Å². The Bertz CT molecular complexity index is 353. The van der Waals surface area contributed by atoms with Crippen molar-refractivity contribution in [2.45, 2.75) is 74.3 Å². The van der Waals surface area contributed by atoms with Crippen LogP contribution in [0.4, 0.5) is 0 Å². The molecule has 0 aromatic rings. The highest BCUT2D eigenvalue weighted by Gasteiger charge is 2.62. The lowest BCUT2D eigenvalue weighted by Gasteiger charge is -2.44. The third kappa shape index (κ3) is 2.16. The summed E-state index contributed by atoms with van der Waals surface area (Å²) in [6, 6.07) is 0. The molecule has 1 heteroatoms. The molecule has 20 heavy (non-hydrogen) atoms. The second-order valence-corrected chi connectivity index (χ2v) is 9.43. The maximum absolute atomic E-state index is 10.6. The van der Waals surface area contributed by atoms with Crippen molar-refractivity contribution in [1.82, 2.24) is 0 Å². The van der Waals surface area contributed by atoms with Crippen molar-refractivity contribution in [2.75, 3.05) is 0 Å². The van der Waals surface area contributed by atoms with Crippen molar-refractivity contribution in [3.8, 4) is 0 Å². The van der Waals surface area contributed by atoms with Gasteiger partial charge in [0.1, 0.15) is 0 Å². The molecule has 2 aliphatic carbocycles. The number of aliphatic hydroxyl groups is 1. The lowest BCUT2D eigenvalue weighted by molar-refractivity contribution is -0.0277. The van der Waals surface area contributed by atoms with Crippen LogP contribution in [-0.4, -0.2) is 11.2 Å². The second kappa shape index (κ2) is 5.00. The second-order valence-electron chi connectivity index (χ2n) is 9.43. The molecule has 0 aromatic heterocycles. The van der Waals surface area contributed by atoms with E-state index in [0.29, 0.717) is 28.6 Å². The van der Waals surface area contributed by atoms with Crippen molar-refractivity contribution in [3.63, 3.8) is 0 Å². The van der Waals surface area contributed by atoms with Crippen LogP contribution in [0.1, 0.15) is 68.2 Å². The quantitative estimate of drug-likeness (QED) is 0.756. The van der Waals surface area contributed by atoms with Crippen LogP contribution in [0.15, 0.2) is 0 Å². The predicted molar refractivity (Wildman–Crippen MR) is 86.4 cm³/mol. The van der Waals surface area contributed by atoms with Gasteiger partial charge in [-0.3, -0.25) is 0 Å². The molecule has 2 aliphatic rings. The Morgan fingerprint density at radius 3 is 1.85 bits per heavy atom. The summed E-state index contributed by atoms with van der Waals surface area (Å²) >= 11 is 0. The molecule has 118 valence electrons. The van der Waals surface area contributed by atoms with Gasteiger partial charge < -0.3 is 5.11 Å². The van der Waals surface area contributed by atoms with Crippen molar-refractivity contribution in [2.24, 2.45) is 46.3 Å². The average Bonchev–Trinajstić information content (AvgIpc) is 2.43. The van der Waals surface area contributed by atoms with E-state index >= 15 is 0 Å². The smallest absolute Gasteiger partial charge is 0.0573 e. The normalized spacial score (nSPS) is 43.0. The van der Waals surface area contributed by atoms with Gasteiger partial charge in [-0.25, -0.2) is 0 Å². The number of hydrogen-bond acceptors (Lipinski definition) is 1. The fourth-order valence-electron chi connectivity index (χ4n) is 5.96. The van der Waals surface area contributed by atoms with Crippen molar-refractivity contribution >= 4 is 0 Å². The standard InChI is InChI=1S/C19H36O/c1-11(2)13-9-14-15(10-16(13)20)18(5,6)19(7,8)17(14)12(3)4/h11-17,20H,9-10H2,1-8H3. The summed E-state index contributed by atoms with van der Waals surface area (Å²) in [6.45, 7) is 19.2. The van der Waals surface area contributed by atoms with Crippen LogP contribution >= 0.6 is 0 Å². The third-order valence-electron chi connectivity index (χ3n) is 7.51. The Morgan fingerprint density at radius 1 is 0.850 bits per heavy atom. The van der Waals surface area contributed by atoms with Gasteiger partial charge in [-0.05, 0) is 59.2 Å². The van der Waals surface area contributed by atoms with Crippen LogP contribution < -0.4 is 0 Å². The molecule has 0 saturated heterocycles. The van der Waals surface area contributed by atoms with Crippen LogP contribution in [0, 0.1) is 46.3 Å². The number of rotatable bonds is 2. The zero-order valence-corrected chi connectivity index (χ0v) is 14.9. The van der Waals surface area contributed by atoms with Crippen molar-refractivity contribution in [1.29, 1.82) is 0 Å². The van der Waals surface area contributed by atoms with Gasteiger partial charge in [-0.1, -0.05) is 55.4 Å². The summed E-state index contributed by atoms with van der Waals surface area (Å²) in [5.74, 6) is 4.12. The minimum atomic E-state index is -0.0859. The summed E-state index contributed by atoms with van der Waals surface area (Å²) in [7, 11) is 0. The zero-order valence-electron chi connectivity index (χ0n) is 14.9. The molecule has 0 radical (unpaired) electrons. The van der Waals surface area contributed by atoms with E-state index in [1.807, 2.05) is 0 Å². The average molecular weight is 280 g/mol. The Kier molecular flexibility index (Phi) is 4.09. The Morgan fingerprint density at radius 2 is 1.40 bits per heavy atom. The molecule has 0 aromatic carbocycles. The molecular formula is C19H36O. The van der Waals surface area contributed by atoms with Crippen LogP contribution in [0.2, 0.25) is 0 Å². The molecule has 2 fully saturated rings. The largest absolute Gasteiger partial charge is 0.393 e. The van der Waals surface area contributed by atoms with Crippen LogP contribution in [-0.2, 0) is 0 Å². The topological polar surface area (TPSA) is 20.2 Å². The van der Waals surface area contributed by atoms with E-state index in [9.17, 15) is 5.11 Å². The summed E-state index contributed by atoms with van der Waals surface area (Å²) < 4.78 is 0. The summed E-state index contributed by atoms with van der Waals surface area (Å²) in [6.07, 6.45) is 2.17. The molecule has 0 heterocycles. The first-order valence-electron chi connectivity index (χ1n) is 8.69. The predicted octanol–water partition coefficient (Wildman–Crippen LogP) is 4.98. The monoisotopic (exact) mass is 280 g/mol. The highest BCUT2D eigenvalue weighted by Crippen LogP contribution is 2.67. The molecule has 5 unspecified atom stereocenters. The van der Waals surface area contributed by atoms with E-state index in [2.05, 4.69) is 55.4 Å². The van der Waals surface area contributed by atoms with Gasteiger partial charge in [0.05, 0.1) is 6.10 Å². The minimum Gasteiger partial charge on any atom is -0.393 e. The molecule has 5 atom stereocenters. The molecule has 0 bridgehead atoms. The maximum atomic E-state index is 10.6. The van der Waals surface area contributed by atoms with E-state index < -0.39 is 0 Å². The first-order valence-corrected chi connectivity index (χ1v) is 8.69. The molecule has 2 rings (SSSR count). The Balaban J connectivity index is 2.38. The van der Waals surface area contributed by atoms with Gasteiger partial charge in [0.25, 0.3) is 0 Å². The van der Waals surface area contributed by atoms with E-state index in [-0.39, 0.29) is 6.10 Å². The summed E-state index contributed by atoms with van der Waals surface area (Å²) in [5.41, 5.74) is 0.692. The van der Waals surface area contributed by atoms with E-state index in [1.54, 1.807) is 0 Å². The lowest BCUT2D eigenvalue weighted by Crippen LogP contribution is -2.41. The Hall–Kier alpha value is -0.0400. The molecule has 2 saturated carbocycles. The zero-order chi connectivity index (χ0) is 15.5. The molecule has 0 amide bonds. The van der Waals surface area contributed by atoms with Gasteiger partial charge in [0.2, 0.25) is 0 Å².